The van der Waals surface area contributed by atoms with Gasteiger partial charge in [-0.2, -0.15) is 0 Å². The minimum Gasteiger partial charge on any atom is -0.543 e. The molecule has 5 nitrogen and oxygen atoms in total. The third kappa shape index (κ3) is 3.48. The number of hydrogen-bond donors (Lipinski definition) is 0. The second kappa shape index (κ2) is 7.17. The summed E-state index contributed by atoms with van der Waals surface area (Å²) in [7, 11) is 1.70. The molecule has 1 aliphatic rings. The molecular formula is C17H12BrFKN3O2. The molecule has 122 valence electrons. The molecule has 0 amide bonds. The van der Waals surface area contributed by atoms with Crippen LogP contribution in [0.5, 0.6) is 0 Å². The van der Waals surface area contributed by atoms with Crippen molar-refractivity contribution >= 4 is 33.1 Å². The van der Waals surface area contributed by atoms with Gasteiger partial charge < -0.3 is 14.5 Å². The van der Waals surface area contributed by atoms with Gasteiger partial charge in [0.2, 0.25) is 0 Å². The van der Waals surface area contributed by atoms with E-state index in [0.29, 0.717) is 27.0 Å². The Morgan fingerprint density at radius 1 is 1.32 bits per heavy atom. The minimum absolute atomic E-state index is 0. The maximum absolute atomic E-state index is 14.3. The second-order valence-corrected chi connectivity index (χ2v) is 6.86. The average molecular weight is 428 g/mol. The zero-order valence-corrected chi connectivity index (χ0v) is 18.4. The summed E-state index contributed by atoms with van der Waals surface area (Å²) in [5.41, 5.74) is 2.13. The first-order valence-electron chi connectivity index (χ1n) is 7.50. The first-order chi connectivity index (χ1) is 11.5. The summed E-state index contributed by atoms with van der Waals surface area (Å²) in [5, 5.41) is 11.3. The number of rotatable bonds is 3. The SMILES string of the molecule is Cn1c(-c2ccc(Br)cc2F)nc2c(C3CC3)cc(C(=O)[O-])nc21.[K+]. The van der Waals surface area contributed by atoms with Gasteiger partial charge in [0, 0.05) is 11.5 Å². The minimum atomic E-state index is -1.32. The standard InChI is InChI=1S/C17H13BrFN3O2.K/c1-22-15(10-5-4-9(18)6-12(10)19)21-14-11(8-2-3-8)7-13(17(23)24)20-16(14)22;/h4-8H,2-3H2,1H3,(H,23,24);/q;+1/p-1. The monoisotopic (exact) mass is 427 g/mol. The van der Waals surface area contributed by atoms with Gasteiger partial charge in [0.1, 0.15) is 17.2 Å². The molecule has 0 N–H and O–H groups in total. The van der Waals surface area contributed by atoms with E-state index >= 15 is 0 Å². The summed E-state index contributed by atoms with van der Waals surface area (Å²) in [4.78, 5) is 20.0. The molecule has 0 radical (unpaired) electrons. The van der Waals surface area contributed by atoms with Crippen LogP contribution in [0.2, 0.25) is 0 Å². The van der Waals surface area contributed by atoms with Gasteiger partial charge in [-0.25, -0.2) is 14.4 Å². The molecule has 25 heavy (non-hydrogen) atoms. The van der Waals surface area contributed by atoms with Gasteiger partial charge in [-0.05, 0) is 48.6 Å². The molecule has 3 aromatic rings. The molecule has 0 aliphatic heterocycles. The molecule has 0 spiro atoms. The largest absolute Gasteiger partial charge is 1.00 e. The zero-order valence-electron chi connectivity index (χ0n) is 13.7. The molecule has 0 atom stereocenters. The Bertz CT molecular complexity index is 1000. The third-order valence-electron chi connectivity index (χ3n) is 4.26. The second-order valence-electron chi connectivity index (χ2n) is 5.95. The van der Waals surface area contributed by atoms with Crippen molar-refractivity contribution in [2.75, 3.05) is 0 Å². The van der Waals surface area contributed by atoms with Crippen molar-refractivity contribution < 1.29 is 65.7 Å². The molecule has 0 saturated heterocycles. The Kier molecular flexibility index (Phi) is 5.48. The summed E-state index contributed by atoms with van der Waals surface area (Å²) in [6, 6.07) is 6.28. The number of carbonyl (C=O) groups excluding carboxylic acids is 1. The summed E-state index contributed by atoms with van der Waals surface area (Å²) in [5.74, 6) is -1.03. The fourth-order valence-electron chi connectivity index (χ4n) is 2.90. The number of pyridine rings is 1. The van der Waals surface area contributed by atoms with Gasteiger partial charge in [0.15, 0.2) is 5.65 Å². The van der Waals surface area contributed by atoms with Gasteiger partial charge in [0.25, 0.3) is 0 Å². The fourth-order valence-corrected chi connectivity index (χ4v) is 3.23. The van der Waals surface area contributed by atoms with Crippen molar-refractivity contribution in [2.45, 2.75) is 18.8 Å². The Balaban J connectivity index is 0.00000182. The number of imidazole rings is 1. The Morgan fingerprint density at radius 2 is 2.04 bits per heavy atom. The zero-order chi connectivity index (χ0) is 17.0. The van der Waals surface area contributed by atoms with Crippen molar-refractivity contribution in [1.29, 1.82) is 0 Å². The number of carboxylic acid groups (broad SMARTS) is 1. The van der Waals surface area contributed by atoms with Crippen molar-refractivity contribution in [3.05, 3.63) is 45.8 Å². The predicted molar refractivity (Wildman–Crippen MR) is 87.9 cm³/mol. The molecule has 0 bridgehead atoms. The average Bonchev–Trinajstić information content (AvgIpc) is 3.32. The number of fused-ring (bicyclic) bond motifs is 1. The summed E-state index contributed by atoms with van der Waals surface area (Å²) < 4.78 is 16.6. The number of carbonyl (C=O) groups is 1. The van der Waals surface area contributed by atoms with Crippen LogP contribution in [0.1, 0.15) is 34.8 Å². The van der Waals surface area contributed by atoms with Crippen LogP contribution in [0.25, 0.3) is 22.6 Å². The molecule has 0 unspecified atom stereocenters. The van der Waals surface area contributed by atoms with E-state index < -0.39 is 11.8 Å². The van der Waals surface area contributed by atoms with Crippen LogP contribution < -0.4 is 56.5 Å². The van der Waals surface area contributed by atoms with Crippen LogP contribution in [-0.2, 0) is 7.05 Å². The summed E-state index contributed by atoms with van der Waals surface area (Å²) >= 11 is 3.23. The molecule has 2 aromatic heterocycles. The number of carboxylic acids is 1. The molecule has 8 heteroatoms. The molecule has 2 heterocycles. The van der Waals surface area contributed by atoms with Crippen LogP contribution in [0.4, 0.5) is 4.39 Å². The van der Waals surface area contributed by atoms with E-state index in [4.69, 9.17) is 0 Å². The maximum atomic E-state index is 14.3. The van der Waals surface area contributed by atoms with Gasteiger partial charge in [0.05, 0.1) is 17.2 Å². The van der Waals surface area contributed by atoms with E-state index in [2.05, 4.69) is 25.9 Å². The fraction of sp³-hybridized carbons (Fsp3) is 0.235. The molecule has 1 fully saturated rings. The van der Waals surface area contributed by atoms with E-state index in [1.165, 1.54) is 12.1 Å². The third-order valence-corrected chi connectivity index (χ3v) is 4.75. The smallest absolute Gasteiger partial charge is 0.543 e. The Hall–Kier alpha value is -0.644. The van der Waals surface area contributed by atoms with E-state index in [-0.39, 0.29) is 63.0 Å². The molecule has 1 aromatic carbocycles. The first kappa shape index (κ1) is 19.1. The van der Waals surface area contributed by atoms with Gasteiger partial charge in [-0.15, -0.1) is 0 Å². The maximum Gasteiger partial charge on any atom is 1.00 e. The number of aromatic carboxylic acids is 1. The number of hydrogen-bond acceptors (Lipinski definition) is 4. The summed E-state index contributed by atoms with van der Waals surface area (Å²) in [6.07, 6.45) is 1.98. The molecule has 1 aliphatic carbocycles. The summed E-state index contributed by atoms with van der Waals surface area (Å²) in [6.45, 7) is 0. The van der Waals surface area contributed by atoms with Crippen molar-refractivity contribution in [3.8, 4) is 11.4 Å². The number of aromatic nitrogens is 3. The Labute approximate surface area is 194 Å². The van der Waals surface area contributed by atoms with E-state index in [1.807, 2.05) is 0 Å². The number of benzene rings is 1. The van der Waals surface area contributed by atoms with Crippen molar-refractivity contribution in [3.63, 3.8) is 0 Å². The van der Waals surface area contributed by atoms with E-state index in [1.54, 1.807) is 23.7 Å². The van der Waals surface area contributed by atoms with E-state index in [0.717, 1.165) is 18.4 Å². The van der Waals surface area contributed by atoms with E-state index in [9.17, 15) is 14.3 Å². The van der Waals surface area contributed by atoms with Crippen molar-refractivity contribution in [1.82, 2.24) is 14.5 Å². The number of halogens is 2. The Morgan fingerprint density at radius 3 is 2.64 bits per heavy atom. The van der Waals surface area contributed by atoms with Crippen LogP contribution in [-0.4, -0.2) is 20.5 Å². The van der Waals surface area contributed by atoms with Gasteiger partial charge in [-0.1, -0.05) is 15.9 Å². The van der Waals surface area contributed by atoms with Crippen LogP contribution >= 0.6 is 15.9 Å². The van der Waals surface area contributed by atoms with Crippen LogP contribution in [0.3, 0.4) is 0 Å². The topological polar surface area (TPSA) is 70.8 Å². The molecular weight excluding hydrogens is 416 g/mol. The van der Waals surface area contributed by atoms with Crippen LogP contribution in [0.15, 0.2) is 28.7 Å². The quantitative estimate of drug-likeness (QED) is 0.541. The predicted octanol–water partition coefficient (Wildman–Crippen LogP) is -0.218. The number of aryl methyl sites for hydroxylation is 1. The molecule has 4 rings (SSSR count). The number of nitrogens with zero attached hydrogens (tertiary/aromatic N) is 3. The van der Waals surface area contributed by atoms with Gasteiger partial charge in [-0.3, -0.25) is 0 Å². The van der Waals surface area contributed by atoms with Crippen molar-refractivity contribution in [2.24, 2.45) is 7.05 Å². The normalized spacial score (nSPS) is 13.7. The van der Waals surface area contributed by atoms with Gasteiger partial charge >= 0.3 is 51.4 Å². The first-order valence-corrected chi connectivity index (χ1v) is 8.29. The molecule has 1 saturated carbocycles. The van der Waals surface area contributed by atoms with Crippen LogP contribution in [0, 0.1) is 5.82 Å².